The Morgan fingerprint density at radius 1 is 0.973 bits per heavy atom. The third-order valence-electron chi connectivity index (χ3n) is 13.0. The van der Waals surface area contributed by atoms with Crippen LogP contribution in [0.4, 0.5) is 4.39 Å². The average molecular weight is 1050 g/mol. The van der Waals surface area contributed by atoms with Gasteiger partial charge in [-0.05, 0) is 99.6 Å². The van der Waals surface area contributed by atoms with E-state index in [-0.39, 0.29) is 37.6 Å². The largest absolute Gasteiger partial charge is 0.489 e. The molecular formula is C54H59ClFN9O6S2. The van der Waals surface area contributed by atoms with Crippen LogP contribution in [0.25, 0.3) is 21.5 Å². The van der Waals surface area contributed by atoms with Gasteiger partial charge in [-0.15, -0.1) is 32.9 Å². The minimum Gasteiger partial charge on any atom is -0.489 e. The number of hydrogen-bond donors (Lipinski definition) is 4. The van der Waals surface area contributed by atoms with Crippen LogP contribution in [0.15, 0.2) is 83.3 Å². The molecular weight excluding hydrogens is 989 g/mol. The predicted octanol–water partition coefficient (Wildman–Crippen LogP) is 8.73. The Hall–Kier alpha value is -6.60. The van der Waals surface area contributed by atoms with E-state index in [9.17, 15) is 24.3 Å². The number of fused-ring (bicyclic) bond motifs is 3. The van der Waals surface area contributed by atoms with E-state index in [1.807, 2.05) is 73.9 Å². The van der Waals surface area contributed by atoms with Crippen molar-refractivity contribution >= 4 is 69.7 Å². The molecule has 15 nitrogen and oxygen atoms in total. The molecule has 2 aliphatic heterocycles. The number of β-amino-alcohol motifs (C(OH)–C–C–N with tert-alkyl or cyclic N) is 1. The van der Waals surface area contributed by atoms with Gasteiger partial charge in [0.15, 0.2) is 5.82 Å². The normalized spacial score (nSPS) is 17.8. The Morgan fingerprint density at radius 3 is 2.37 bits per heavy atom. The van der Waals surface area contributed by atoms with Crippen LogP contribution in [0.1, 0.15) is 110 Å². The lowest BCUT2D eigenvalue weighted by atomic mass is 9.85. The summed E-state index contributed by atoms with van der Waals surface area (Å²) in [7, 11) is 0. The summed E-state index contributed by atoms with van der Waals surface area (Å²) in [5, 5.41) is 29.8. The van der Waals surface area contributed by atoms with Crippen molar-refractivity contribution in [1.82, 2.24) is 40.6 Å². The Kier molecular flexibility index (Phi) is 15.8. The van der Waals surface area contributed by atoms with Crippen molar-refractivity contribution in [2.24, 2.45) is 10.4 Å². The lowest BCUT2D eigenvalue weighted by molar-refractivity contribution is -0.143. The smallest absolute Gasteiger partial charge is 0.246 e. The molecule has 0 aliphatic carbocycles. The van der Waals surface area contributed by atoms with Gasteiger partial charge < -0.3 is 30.7 Å². The van der Waals surface area contributed by atoms with Crippen molar-refractivity contribution in [2.45, 2.75) is 112 Å². The van der Waals surface area contributed by atoms with Gasteiger partial charge in [0, 0.05) is 46.1 Å². The number of benzene rings is 3. The quantitative estimate of drug-likeness (QED) is 0.0728. The zero-order valence-corrected chi connectivity index (χ0v) is 44.5. The molecule has 19 heteroatoms. The highest BCUT2D eigenvalue weighted by atomic mass is 35.5. The number of hydrogen-bond acceptors (Lipinski definition) is 12. The van der Waals surface area contributed by atoms with Gasteiger partial charge in [0.1, 0.15) is 46.6 Å². The maximum Gasteiger partial charge on any atom is 0.246 e. The van der Waals surface area contributed by atoms with E-state index in [0.717, 1.165) is 54.0 Å². The van der Waals surface area contributed by atoms with Gasteiger partial charge in [-0.2, -0.15) is 0 Å². The average Bonchev–Trinajstić information content (AvgIpc) is 4.11. The number of rotatable bonds is 15. The van der Waals surface area contributed by atoms with E-state index in [0.29, 0.717) is 22.2 Å². The second-order valence-electron chi connectivity index (χ2n) is 19.7. The van der Waals surface area contributed by atoms with Crippen molar-refractivity contribution in [3.63, 3.8) is 0 Å². The molecule has 8 rings (SSSR count). The molecule has 4 N–H and O–H groups in total. The van der Waals surface area contributed by atoms with Crippen LogP contribution in [-0.2, 0) is 19.2 Å². The Balaban J connectivity index is 0.882. The summed E-state index contributed by atoms with van der Waals surface area (Å²) in [5.74, 6) is -1.10. The fourth-order valence-electron chi connectivity index (χ4n) is 9.04. The van der Waals surface area contributed by atoms with Crippen molar-refractivity contribution in [2.75, 3.05) is 13.1 Å². The molecule has 0 bridgehead atoms. The first-order valence-electron chi connectivity index (χ1n) is 24.0. The standard InChI is InChI=1S/C54H59ClFN9O6S2/c1-28(25-57-45(68)24-42-50-63-62-33(6)65(50)53-46(29(2)32(5)73-53)47(60-42)36-15-17-38(55)18-16-36)71-41-21-34(20-39(56)22-41)10-19-44(67)61-49(54(7,8)9)52(70)64-26-40(66)23-43(64)51(69)59-30(3)35-11-13-37(14-12-35)48-31(4)58-27-72-48/h10-22,27-28,30,40,42-43,49,66H,23-26H2,1-9H3,(H,57,68)(H,59,69)(H,61,67)/b19-10+/t28-,30+,40-,42+,43+,49-/m1/s1. The molecule has 73 heavy (non-hydrogen) atoms. The van der Waals surface area contributed by atoms with Gasteiger partial charge in [0.05, 0.1) is 46.9 Å². The Labute approximate surface area is 437 Å². The van der Waals surface area contributed by atoms with E-state index in [4.69, 9.17) is 21.3 Å². The second kappa shape index (κ2) is 21.9. The first-order valence-corrected chi connectivity index (χ1v) is 26.1. The van der Waals surface area contributed by atoms with Crippen LogP contribution in [0.2, 0.25) is 5.02 Å². The monoisotopic (exact) mass is 1050 g/mol. The summed E-state index contributed by atoms with van der Waals surface area (Å²) in [4.78, 5) is 68.2. The summed E-state index contributed by atoms with van der Waals surface area (Å²) >= 11 is 9.44. The number of ether oxygens (including phenoxy) is 1. The van der Waals surface area contributed by atoms with E-state index in [1.165, 1.54) is 29.2 Å². The van der Waals surface area contributed by atoms with Crippen molar-refractivity contribution in [1.29, 1.82) is 0 Å². The van der Waals surface area contributed by atoms with E-state index in [1.54, 1.807) is 61.9 Å². The van der Waals surface area contributed by atoms with E-state index in [2.05, 4.69) is 45.0 Å². The number of nitrogens with one attached hydrogen (secondary N) is 3. The number of aromatic nitrogens is 4. The van der Waals surface area contributed by atoms with Gasteiger partial charge in [-0.25, -0.2) is 9.37 Å². The molecule has 0 spiro atoms. The maximum absolute atomic E-state index is 15.0. The minimum absolute atomic E-state index is 0.0341. The predicted molar refractivity (Wildman–Crippen MR) is 283 cm³/mol. The van der Waals surface area contributed by atoms with Crippen molar-refractivity contribution < 1.29 is 33.4 Å². The van der Waals surface area contributed by atoms with Crippen LogP contribution in [-0.4, -0.2) is 96.5 Å². The molecule has 1 saturated heterocycles. The molecule has 3 aromatic carbocycles. The van der Waals surface area contributed by atoms with Gasteiger partial charge in [0.2, 0.25) is 23.6 Å². The third-order valence-corrected chi connectivity index (χ3v) is 15.4. The van der Waals surface area contributed by atoms with Crippen molar-refractivity contribution in [3.05, 3.63) is 139 Å². The van der Waals surface area contributed by atoms with Crippen LogP contribution < -0.4 is 20.7 Å². The summed E-state index contributed by atoms with van der Waals surface area (Å²) in [5.41, 5.74) is 7.75. The van der Waals surface area contributed by atoms with Crippen LogP contribution in [0.3, 0.4) is 0 Å². The number of aryl methyl sites for hydroxylation is 3. The SMILES string of the molecule is Cc1ncsc1-c1ccc([C@H](C)NC(=O)[C@@H]2C[C@@H](O)CN2C(=O)[C@@H](NC(=O)/C=C/c2cc(F)cc(O[C@H](C)CNC(=O)C[C@@H]3N=C(c4ccc(Cl)cc4)c4c(sc(C)c4C)-n4c(C)nnc43)c2)C(C)(C)C)cc1. The molecule has 6 aromatic rings. The second-order valence-corrected chi connectivity index (χ2v) is 22.2. The third kappa shape index (κ3) is 11.9. The molecule has 2 aliphatic rings. The first kappa shape index (κ1) is 52.7. The minimum atomic E-state index is -1.09. The number of aliphatic hydroxyl groups is 1. The Morgan fingerprint density at radius 2 is 1.68 bits per heavy atom. The zero-order valence-electron chi connectivity index (χ0n) is 42.1. The number of aliphatic hydroxyl groups excluding tert-OH is 1. The van der Waals surface area contributed by atoms with Crippen LogP contribution in [0.5, 0.6) is 5.75 Å². The molecule has 3 aromatic heterocycles. The zero-order chi connectivity index (χ0) is 52.5. The first-order chi connectivity index (χ1) is 34.6. The highest BCUT2D eigenvalue weighted by molar-refractivity contribution is 7.15. The number of likely N-dealkylation sites (tertiary alicyclic amines) is 1. The van der Waals surface area contributed by atoms with E-state index < -0.39 is 65.3 Å². The maximum atomic E-state index is 15.0. The van der Waals surface area contributed by atoms with Gasteiger partial charge >= 0.3 is 0 Å². The number of carbonyl (C=O) groups excluding carboxylic acids is 4. The topological polar surface area (TPSA) is 193 Å². The number of aliphatic imine (C=N–C) groups is 1. The fraction of sp³-hybridized carbons (Fsp3) is 0.370. The number of amides is 4. The molecule has 0 radical (unpaired) electrons. The van der Waals surface area contributed by atoms with E-state index >= 15 is 4.39 Å². The van der Waals surface area contributed by atoms with Gasteiger partial charge in [-0.1, -0.05) is 68.8 Å². The molecule has 0 unspecified atom stereocenters. The van der Waals surface area contributed by atoms with Crippen LogP contribution in [0, 0.1) is 38.9 Å². The highest BCUT2D eigenvalue weighted by Gasteiger charge is 2.45. The number of nitrogens with zero attached hydrogens (tertiary/aromatic N) is 6. The number of thiazole rings is 1. The fourth-order valence-corrected chi connectivity index (χ4v) is 11.2. The molecule has 1 fully saturated rings. The molecule has 382 valence electrons. The molecule has 4 amide bonds. The van der Waals surface area contributed by atoms with Crippen molar-refractivity contribution in [3.8, 4) is 21.2 Å². The summed E-state index contributed by atoms with van der Waals surface area (Å²) in [6, 6.07) is 16.2. The number of carbonyl (C=O) groups is 4. The van der Waals surface area contributed by atoms with Gasteiger partial charge in [-0.3, -0.25) is 28.7 Å². The summed E-state index contributed by atoms with van der Waals surface area (Å²) in [6.07, 6.45) is 1.06. The molecule has 6 atom stereocenters. The lowest BCUT2D eigenvalue weighted by Crippen LogP contribution is -2.57. The lowest BCUT2D eigenvalue weighted by Gasteiger charge is -2.35. The number of thiophene rings is 1. The van der Waals surface area contributed by atoms with Crippen LogP contribution >= 0.6 is 34.3 Å². The molecule has 5 heterocycles. The summed E-state index contributed by atoms with van der Waals surface area (Å²) < 4.78 is 23.1. The molecule has 0 saturated carbocycles. The summed E-state index contributed by atoms with van der Waals surface area (Å²) in [6.45, 7) is 16.9. The Bertz CT molecular complexity index is 3110. The van der Waals surface area contributed by atoms with Gasteiger partial charge in [0.25, 0.3) is 0 Å². The highest BCUT2D eigenvalue weighted by Crippen LogP contribution is 2.40. The number of halogens is 2.